The van der Waals surface area contributed by atoms with E-state index in [0.29, 0.717) is 0 Å². The van der Waals surface area contributed by atoms with Gasteiger partial charge in [0.2, 0.25) is 0 Å². The standard InChI is InChI=1S/C14H12N2S/c15-16-12-7-5-10(6-8-12)14-9-11-3-1-2-4-13(11)17-14/h1-9,16H,15H2. The molecule has 3 N–H and O–H groups in total. The highest BCUT2D eigenvalue weighted by atomic mass is 32.1. The number of hydrazine groups is 1. The average Bonchev–Trinajstić information content (AvgIpc) is 2.82. The Hall–Kier alpha value is -1.84. The largest absolute Gasteiger partial charge is 0.324 e. The van der Waals surface area contributed by atoms with Crippen LogP contribution in [0.5, 0.6) is 0 Å². The predicted octanol–water partition coefficient (Wildman–Crippen LogP) is 3.85. The molecule has 1 heterocycles. The fourth-order valence-electron chi connectivity index (χ4n) is 1.85. The minimum atomic E-state index is 0.926. The third kappa shape index (κ3) is 1.90. The fraction of sp³-hybridized carbons (Fsp3) is 0. The minimum Gasteiger partial charge on any atom is -0.324 e. The molecular formula is C14H12N2S. The van der Waals surface area contributed by atoms with Crippen molar-refractivity contribution < 1.29 is 0 Å². The van der Waals surface area contributed by atoms with Crippen LogP contribution in [0.4, 0.5) is 5.69 Å². The van der Waals surface area contributed by atoms with Crippen molar-refractivity contribution in [1.82, 2.24) is 0 Å². The molecule has 0 radical (unpaired) electrons. The molecular weight excluding hydrogens is 228 g/mol. The van der Waals surface area contributed by atoms with Gasteiger partial charge in [-0.2, -0.15) is 0 Å². The highest BCUT2D eigenvalue weighted by molar-refractivity contribution is 7.22. The van der Waals surface area contributed by atoms with E-state index in [1.165, 1.54) is 20.5 Å². The van der Waals surface area contributed by atoms with Gasteiger partial charge in [-0.3, -0.25) is 5.84 Å². The number of nitrogens with one attached hydrogen (secondary N) is 1. The summed E-state index contributed by atoms with van der Waals surface area (Å²) in [7, 11) is 0. The van der Waals surface area contributed by atoms with Crippen LogP contribution in [0.25, 0.3) is 20.5 Å². The van der Waals surface area contributed by atoms with Gasteiger partial charge in [0.15, 0.2) is 0 Å². The van der Waals surface area contributed by atoms with Gasteiger partial charge >= 0.3 is 0 Å². The number of thiophene rings is 1. The third-order valence-corrected chi connectivity index (χ3v) is 3.93. The molecule has 1 aromatic heterocycles. The van der Waals surface area contributed by atoms with Gasteiger partial charge in [0.1, 0.15) is 0 Å². The van der Waals surface area contributed by atoms with Crippen LogP contribution in [0.15, 0.2) is 54.6 Å². The van der Waals surface area contributed by atoms with E-state index in [4.69, 9.17) is 5.84 Å². The van der Waals surface area contributed by atoms with Crippen molar-refractivity contribution in [3.05, 3.63) is 54.6 Å². The minimum absolute atomic E-state index is 0.926. The van der Waals surface area contributed by atoms with Gasteiger partial charge in [-0.25, -0.2) is 0 Å². The smallest absolute Gasteiger partial charge is 0.0485 e. The van der Waals surface area contributed by atoms with Crippen LogP contribution >= 0.6 is 11.3 Å². The maximum Gasteiger partial charge on any atom is 0.0485 e. The lowest BCUT2D eigenvalue weighted by Gasteiger charge is -2.00. The second-order valence-electron chi connectivity index (χ2n) is 3.87. The van der Waals surface area contributed by atoms with E-state index in [0.717, 1.165) is 5.69 Å². The van der Waals surface area contributed by atoms with Crippen molar-refractivity contribution in [1.29, 1.82) is 0 Å². The molecule has 0 aliphatic carbocycles. The zero-order valence-electron chi connectivity index (χ0n) is 9.18. The molecule has 0 atom stereocenters. The Morgan fingerprint density at radius 1 is 0.941 bits per heavy atom. The van der Waals surface area contributed by atoms with Crippen molar-refractivity contribution in [3.63, 3.8) is 0 Å². The Morgan fingerprint density at radius 3 is 2.41 bits per heavy atom. The molecule has 84 valence electrons. The second-order valence-corrected chi connectivity index (χ2v) is 4.95. The van der Waals surface area contributed by atoms with Crippen LogP contribution < -0.4 is 11.3 Å². The number of rotatable bonds is 2. The molecule has 0 aliphatic rings. The van der Waals surface area contributed by atoms with E-state index in [2.05, 4.69) is 47.9 Å². The number of anilines is 1. The first-order valence-electron chi connectivity index (χ1n) is 5.42. The zero-order valence-corrected chi connectivity index (χ0v) is 10.00. The molecule has 0 spiro atoms. The monoisotopic (exact) mass is 240 g/mol. The van der Waals surface area contributed by atoms with Gasteiger partial charge in [-0.15, -0.1) is 11.3 Å². The molecule has 0 saturated heterocycles. The first-order valence-corrected chi connectivity index (χ1v) is 6.24. The predicted molar refractivity (Wildman–Crippen MR) is 75.1 cm³/mol. The van der Waals surface area contributed by atoms with E-state index in [1.54, 1.807) is 0 Å². The summed E-state index contributed by atoms with van der Waals surface area (Å²) in [5.41, 5.74) is 4.79. The summed E-state index contributed by atoms with van der Waals surface area (Å²) in [6.07, 6.45) is 0. The van der Waals surface area contributed by atoms with Crippen molar-refractivity contribution in [3.8, 4) is 10.4 Å². The van der Waals surface area contributed by atoms with Crippen LogP contribution in [0.1, 0.15) is 0 Å². The zero-order chi connectivity index (χ0) is 11.7. The summed E-state index contributed by atoms with van der Waals surface area (Å²) in [4.78, 5) is 1.29. The quantitative estimate of drug-likeness (QED) is 0.527. The number of hydrogen-bond acceptors (Lipinski definition) is 3. The van der Waals surface area contributed by atoms with Gasteiger partial charge < -0.3 is 5.43 Å². The van der Waals surface area contributed by atoms with E-state index >= 15 is 0 Å². The molecule has 3 heteroatoms. The van der Waals surface area contributed by atoms with E-state index in [9.17, 15) is 0 Å². The average molecular weight is 240 g/mol. The Kier molecular flexibility index (Phi) is 2.55. The van der Waals surface area contributed by atoms with E-state index in [-0.39, 0.29) is 0 Å². The Labute approximate surface area is 104 Å². The van der Waals surface area contributed by atoms with Gasteiger partial charge in [0.05, 0.1) is 0 Å². The van der Waals surface area contributed by atoms with Crippen LogP contribution in [0.2, 0.25) is 0 Å². The van der Waals surface area contributed by atoms with Crippen molar-refractivity contribution in [2.75, 3.05) is 5.43 Å². The van der Waals surface area contributed by atoms with Gasteiger partial charge in [-0.1, -0.05) is 30.3 Å². The van der Waals surface area contributed by atoms with Crippen LogP contribution in [-0.2, 0) is 0 Å². The first-order chi connectivity index (χ1) is 8.36. The molecule has 0 saturated carbocycles. The Morgan fingerprint density at radius 2 is 1.71 bits per heavy atom. The molecule has 3 rings (SSSR count). The lowest BCUT2D eigenvalue weighted by atomic mass is 10.1. The van der Waals surface area contributed by atoms with E-state index in [1.807, 2.05) is 23.5 Å². The summed E-state index contributed by atoms with van der Waals surface area (Å²) in [5, 5.41) is 1.30. The lowest BCUT2D eigenvalue weighted by molar-refractivity contribution is 1.35. The maximum absolute atomic E-state index is 5.35. The van der Waals surface area contributed by atoms with Crippen molar-refractivity contribution in [2.45, 2.75) is 0 Å². The molecule has 0 unspecified atom stereocenters. The molecule has 17 heavy (non-hydrogen) atoms. The Bertz CT molecular complexity index is 608. The summed E-state index contributed by atoms with van der Waals surface area (Å²) >= 11 is 1.81. The molecule has 2 nitrogen and oxygen atoms in total. The molecule has 0 fully saturated rings. The highest BCUT2D eigenvalue weighted by Gasteiger charge is 2.03. The normalized spacial score (nSPS) is 10.6. The van der Waals surface area contributed by atoms with Gasteiger partial charge in [0, 0.05) is 15.3 Å². The lowest BCUT2D eigenvalue weighted by Crippen LogP contribution is -2.05. The molecule has 0 bridgehead atoms. The summed E-state index contributed by atoms with van der Waals surface area (Å²) in [6, 6.07) is 18.8. The summed E-state index contributed by atoms with van der Waals surface area (Å²) in [6.45, 7) is 0. The first kappa shape index (κ1) is 10.3. The second kappa shape index (κ2) is 4.20. The highest BCUT2D eigenvalue weighted by Crippen LogP contribution is 2.33. The van der Waals surface area contributed by atoms with Gasteiger partial charge in [0.25, 0.3) is 0 Å². The van der Waals surface area contributed by atoms with E-state index < -0.39 is 0 Å². The molecule has 0 amide bonds. The SMILES string of the molecule is NNc1ccc(-c2cc3ccccc3s2)cc1. The van der Waals surface area contributed by atoms with Crippen LogP contribution in [0.3, 0.4) is 0 Å². The third-order valence-electron chi connectivity index (χ3n) is 2.76. The van der Waals surface area contributed by atoms with Crippen LogP contribution in [-0.4, -0.2) is 0 Å². The fourth-order valence-corrected chi connectivity index (χ4v) is 2.92. The number of hydrogen-bond donors (Lipinski definition) is 2. The molecule has 3 aromatic rings. The molecule has 0 aliphatic heterocycles. The Balaban J connectivity index is 2.07. The number of benzene rings is 2. The van der Waals surface area contributed by atoms with Crippen molar-refractivity contribution >= 4 is 27.1 Å². The topological polar surface area (TPSA) is 38.0 Å². The van der Waals surface area contributed by atoms with Crippen LogP contribution in [0, 0.1) is 0 Å². The number of nitrogens with two attached hydrogens (primary N) is 1. The van der Waals surface area contributed by atoms with Gasteiger partial charge in [-0.05, 0) is 35.2 Å². The van der Waals surface area contributed by atoms with Crippen molar-refractivity contribution in [2.24, 2.45) is 5.84 Å². The summed E-state index contributed by atoms with van der Waals surface area (Å²) < 4.78 is 1.32. The summed E-state index contributed by atoms with van der Waals surface area (Å²) in [5.74, 6) is 5.35. The maximum atomic E-state index is 5.35. The molecule has 2 aromatic carbocycles. The number of nitrogen functional groups attached to an aromatic ring is 1. The number of fused-ring (bicyclic) bond motifs is 1.